The molecule has 3 aliphatic heterocycles. The fourth-order valence-corrected chi connectivity index (χ4v) is 3.17. The van der Waals surface area contributed by atoms with Crippen LogP contribution in [0, 0.1) is 5.92 Å². The highest BCUT2D eigenvalue weighted by atomic mass is 16.2. The van der Waals surface area contributed by atoms with Gasteiger partial charge in [0.1, 0.15) is 0 Å². The number of amides is 1. The first-order chi connectivity index (χ1) is 5.79. The summed E-state index contributed by atoms with van der Waals surface area (Å²) >= 11 is 0. The average molecular weight is 166 g/mol. The van der Waals surface area contributed by atoms with Crippen LogP contribution in [0.1, 0.15) is 12.8 Å². The lowest BCUT2D eigenvalue weighted by Gasteiger charge is -2.42. The van der Waals surface area contributed by atoms with Gasteiger partial charge in [0.2, 0.25) is 5.91 Å². The van der Waals surface area contributed by atoms with Gasteiger partial charge in [-0.1, -0.05) is 0 Å². The molecule has 0 radical (unpaired) electrons. The highest BCUT2D eigenvalue weighted by Crippen LogP contribution is 2.41. The van der Waals surface area contributed by atoms with Crippen LogP contribution in [0.2, 0.25) is 0 Å². The molecule has 3 saturated heterocycles. The first-order valence-electron chi connectivity index (χ1n) is 4.80. The first kappa shape index (κ1) is 6.89. The van der Waals surface area contributed by atoms with Crippen molar-refractivity contribution in [3.63, 3.8) is 0 Å². The van der Waals surface area contributed by atoms with E-state index in [-0.39, 0.29) is 0 Å². The summed E-state index contributed by atoms with van der Waals surface area (Å²) in [4.78, 5) is 15.8. The Labute approximate surface area is 72.3 Å². The standard InChI is InChI=1S/C9H14N2O/c1-10-8-6(9(10)12)5-11-4-2-3-7(8)11/h6-8H,2-5H2,1H3/t6-,7+,8-/m1/s1. The van der Waals surface area contributed by atoms with E-state index < -0.39 is 0 Å². The molecule has 0 N–H and O–H groups in total. The van der Waals surface area contributed by atoms with Crippen LogP contribution in [0.4, 0.5) is 0 Å². The lowest BCUT2D eigenvalue weighted by Crippen LogP contribution is -2.60. The van der Waals surface area contributed by atoms with E-state index in [1.54, 1.807) is 0 Å². The Balaban J connectivity index is 1.87. The molecule has 1 amide bonds. The van der Waals surface area contributed by atoms with Crippen molar-refractivity contribution < 1.29 is 4.79 Å². The number of fused-ring (bicyclic) bond motifs is 3. The predicted molar refractivity (Wildman–Crippen MR) is 44.6 cm³/mol. The van der Waals surface area contributed by atoms with E-state index in [0.29, 0.717) is 23.9 Å². The molecule has 0 aromatic carbocycles. The van der Waals surface area contributed by atoms with E-state index in [1.807, 2.05) is 11.9 Å². The fourth-order valence-electron chi connectivity index (χ4n) is 3.17. The third-order valence-electron chi connectivity index (χ3n) is 3.76. The molecule has 3 rings (SSSR count). The zero-order chi connectivity index (χ0) is 8.29. The van der Waals surface area contributed by atoms with Gasteiger partial charge >= 0.3 is 0 Å². The number of hydrogen-bond acceptors (Lipinski definition) is 2. The average Bonchev–Trinajstić information content (AvgIpc) is 2.59. The van der Waals surface area contributed by atoms with Gasteiger partial charge in [-0.25, -0.2) is 0 Å². The van der Waals surface area contributed by atoms with Crippen LogP contribution < -0.4 is 0 Å². The Morgan fingerprint density at radius 2 is 2.33 bits per heavy atom. The molecule has 0 spiro atoms. The first-order valence-corrected chi connectivity index (χ1v) is 4.80. The van der Waals surface area contributed by atoms with Gasteiger partial charge in [-0.15, -0.1) is 0 Å². The van der Waals surface area contributed by atoms with Crippen molar-refractivity contribution >= 4 is 5.91 Å². The molecule has 0 aromatic rings. The minimum atomic E-state index is 0.361. The van der Waals surface area contributed by atoms with Crippen LogP contribution in [0.25, 0.3) is 0 Å². The summed E-state index contributed by atoms with van der Waals surface area (Å²) in [6, 6.07) is 1.28. The van der Waals surface area contributed by atoms with Crippen LogP contribution >= 0.6 is 0 Å². The van der Waals surface area contributed by atoms with Crippen LogP contribution in [0.5, 0.6) is 0 Å². The summed E-state index contributed by atoms with van der Waals surface area (Å²) in [6.45, 7) is 2.26. The lowest BCUT2D eigenvalue weighted by molar-refractivity contribution is -0.150. The van der Waals surface area contributed by atoms with Crippen LogP contribution in [-0.2, 0) is 4.79 Å². The second-order valence-electron chi connectivity index (χ2n) is 4.25. The molecule has 0 bridgehead atoms. The molecule has 0 aromatic heterocycles. The summed E-state index contributed by atoms with van der Waals surface area (Å²) in [7, 11) is 1.95. The third-order valence-corrected chi connectivity index (χ3v) is 3.76. The molecule has 3 fully saturated rings. The topological polar surface area (TPSA) is 23.6 Å². The van der Waals surface area contributed by atoms with Gasteiger partial charge < -0.3 is 4.90 Å². The zero-order valence-electron chi connectivity index (χ0n) is 7.36. The van der Waals surface area contributed by atoms with Crippen molar-refractivity contribution in [3.8, 4) is 0 Å². The SMILES string of the molecule is CN1C(=O)[C@@H]2CN3CCC[C@H]3[C@@H]21. The summed E-state index contributed by atoms with van der Waals surface area (Å²) < 4.78 is 0. The maximum absolute atomic E-state index is 11.4. The summed E-state index contributed by atoms with van der Waals surface area (Å²) in [5.41, 5.74) is 0. The number of β-lactam (4-membered cyclic amide) rings is 1. The van der Waals surface area contributed by atoms with Crippen molar-refractivity contribution in [1.29, 1.82) is 0 Å². The minimum absolute atomic E-state index is 0.361. The van der Waals surface area contributed by atoms with E-state index in [4.69, 9.17) is 0 Å². The van der Waals surface area contributed by atoms with E-state index in [1.165, 1.54) is 19.4 Å². The number of likely N-dealkylation sites (N-methyl/N-ethyl adjacent to an activating group) is 1. The Kier molecular flexibility index (Phi) is 1.16. The Morgan fingerprint density at radius 1 is 1.50 bits per heavy atom. The highest BCUT2D eigenvalue weighted by molar-refractivity contribution is 5.87. The summed E-state index contributed by atoms with van der Waals surface area (Å²) in [6.07, 6.45) is 2.63. The van der Waals surface area contributed by atoms with E-state index in [2.05, 4.69) is 4.90 Å². The van der Waals surface area contributed by atoms with Crippen molar-refractivity contribution in [2.24, 2.45) is 5.92 Å². The number of likely N-dealkylation sites (tertiary alicyclic amines) is 1. The molecule has 3 atom stereocenters. The molecule has 0 unspecified atom stereocenters. The van der Waals surface area contributed by atoms with Crippen LogP contribution in [0.3, 0.4) is 0 Å². The molecule has 12 heavy (non-hydrogen) atoms. The zero-order valence-corrected chi connectivity index (χ0v) is 7.36. The number of nitrogens with zero attached hydrogens (tertiary/aromatic N) is 2. The normalized spacial score (nSPS) is 45.9. The molecule has 66 valence electrons. The van der Waals surface area contributed by atoms with Crippen molar-refractivity contribution in [2.75, 3.05) is 20.1 Å². The lowest BCUT2D eigenvalue weighted by atomic mass is 9.86. The largest absolute Gasteiger partial charge is 0.340 e. The molecule has 0 saturated carbocycles. The summed E-state index contributed by atoms with van der Waals surface area (Å²) in [5, 5.41) is 0. The van der Waals surface area contributed by atoms with Gasteiger partial charge in [0.05, 0.1) is 12.0 Å². The Hall–Kier alpha value is -0.570. The van der Waals surface area contributed by atoms with Gasteiger partial charge in [-0.3, -0.25) is 9.69 Å². The second kappa shape index (κ2) is 2.02. The smallest absolute Gasteiger partial charge is 0.229 e. The van der Waals surface area contributed by atoms with Gasteiger partial charge in [0.25, 0.3) is 0 Å². The summed E-state index contributed by atoms with van der Waals surface area (Å²) in [5.74, 6) is 0.731. The van der Waals surface area contributed by atoms with Crippen LogP contribution in [0.15, 0.2) is 0 Å². The van der Waals surface area contributed by atoms with Gasteiger partial charge in [-0.05, 0) is 19.4 Å². The van der Waals surface area contributed by atoms with E-state index >= 15 is 0 Å². The third kappa shape index (κ3) is 0.600. The Bertz CT molecular complexity index is 241. The van der Waals surface area contributed by atoms with E-state index in [0.717, 1.165) is 6.54 Å². The number of carbonyl (C=O) groups is 1. The molecule has 3 heteroatoms. The van der Waals surface area contributed by atoms with Crippen molar-refractivity contribution in [3.05, 3.63) is 0 Å². The quantitative estimate of drug-likeness (QED) is 0.470. The maximum atomic E-state index is 11.4. The van der Waals surface area contributed by atoms with Crippen molar-refractivity contribution in [2.45, 2.75) is 24.9 Å². The number of hydrogen-bond donors (Lipinski definition) is 0. The number of carbonyl (C=O) groups excluding carboxylic acids is 1. The van der Waals surface area contributed by atoms with E-state index in [9.17, 15) is 4.79 Å². The molecule has 3 aliphatic rings. The molecular weight excluding hydrogens is 152 g/mol. The monoisotopic (exact) mass is 166 g/mol. The fraction of sp³-hybridized carbons (Fsp3) is 0.889. The van der Waals surface area contributed by atoms with Gasteiger partial charge in [0.15, 0.2) is 0 Å². The molecule has 0 aliphatic carbocycles. The minimum Gasteiger partial charge on any atom is -0.340 e. The van der Waals surface area contributed by atoms with Gasteiger partial charge in [-0.2, -0.15) is 0 Å². The maximum Gasteiger partial charge on any atom is 0.229 e. The predicted octanol–water partition coefficient (Wildman–Crippen LogP) is -0.0788. The van der Waals surface area contributed by atoms with Crippen LogP contribution in [-0.4, -0.2) is 47.9 Å². The molecule has 3 nitrogen and oxygen atoms in total. The number of rotatable bonds is 0. The Morgan fingerprint density at radius 3 is 3.17 bits per heavy atom. The second-order valence-corrected chi connectivity index (χ2v) is 4.25. The van der Waals surface area contributed by atoms with Crippen molar-refractivity contribution in [1.82, 2.24) is 9.80 Å². The highest BCUT2D eigenvalue weighted by Gasteiger charge is 2.57. The molecule has 3 heterocycles. The molecular formula is C9H14N2O. The van der Waals surface area contributed by atoms with Gasteiger partial charge in [0, 0.05) is 19.6 Å².